The molecule has 0 aliphatic carbocycles. The van der Waals surface area contributed by atoms with Gasteiger partial charge in [-0.05, 0) is 35.3 Å². The van der Waals surface area contributed by atoms with Crippen molar-refractivity contribution in [1.29, 1.82) is 5.26 Å². The number of aromatic nitrogens is 3. The quantitative estimate of drug-likeness (QED) is 0.824. The highest BCUT2D eigenvalue weighted by Crippen LogP contribution is 2.27. The molecule has 0 radical (unpaired) electrons. The number of pyridine rings is 1. The molecule has 3 heterocycles. The average molecular weight is 373 g/mol. The maximum atomic E-state index is 9.32. The van der Waals surface area contributed by atoms with Crippen LogP contribution in [0.4, 0.5) is 11.6 Å². The Kier molecular flexibility index (Phi) is 4.44. The average Bonchev–Trinajstić information content (AvgIpc) is 3.03. The normalized spacial score (nSPS) is 17.1. The second kappa shape index (κ2) is 6.50. The summed E-state index contributed by atoms with van der Waals surface area (Å²) in [6, 6.07) is 6.36. The van der Waals surface area contributed by atoms with Gasteiger partial charge in [0.15, 0.2) is 0 Å². The maximum Gasteiger partial charge on any atom is 0.146 e. The molecule has 1 aliphatic rings. The molecule has 0 saturated carbocycles. The zero-order valence-corrected chi connectivity index (χ0v) is 14.7. The van der Waals surface area contributed by atoms with Gasteiger partial charge < -0.3 is 9.80 Å². The molecule has 7 heteroatoms. The second-order valence-corrected chi connectivity index (χ2v) is 6.57. The summed E-state index contributed by atoms with van der Waals surface area (Å²) < 4.78 is 0.821. The van der Waals surface area contributed by atoms with Crippen molar-refractivity contribution < 1.29 is 0 Å². The second-order valence-electron chi connectivity index (χ2n) is 5.65. The van der Waals surface area contributed by atoms with Crippen LogP contribution in [0.15, 0.2) is 29.1 Å². The van der Waals surface area contributed by atoms with E-state index in [1.54, 1.807) is 12.5 Å². The largest absolute Gasteiger partial charge is 0.355 e. The van der Waals surface area contributed by atoms with E-state index in [2.05, 4.69) is 53.8 Å². The van der Waals surface area contributed by atoms with Gasteiger partial charge in [0.05, 0.1) is 5.56 Å². The first-order valence-corrected chi connectivity index (χ1v) is 8.20. The summed E-state index contributed by atoms with van der Waals surface area (Å²) in [5.74, 6) is 1.68. The van der Waals surface area contributed by atoms with Crippen LogP contribution in [0.25, 0.3) is 0 Å². The highest BCUT2D eigenvalue weighted by atomic mass is 79.9. The third-order valence-electron chi connectivity index (χ3n) is 4.12. The van der Waals surface area contributed by atoms with Crippen molar-refractivity contribution in [2.24, 2.45) is 0 Å². The number of halogens is 1. The molecule has 1 aliphatic heterocycles. The number of hydrogen-bond acceptors (Lipinski definition) is 6. The molecule has 1 saturated heterocycles. The van der Waals surface area contributed by atoms with Crippen LogP contribution in [0.1, 0.15) is 17.7 Å². The molecule has 0 bridgehead atoms. The van der Waals surface area contributed by atoms with Gasteiger partial charge in [-0.25, -0.2) is 15.0 Å². The minimum atomic E-state index is 0.335. The van der Waals surface area contributed by atoms with Crippen LogP contribution < -0.4 is 9.80 Å². The third kappa shape index (κ3) is 3.27. The van der Waals surface area contributed by atoms with Gasteiger partial charge in [0, 0.05) is 48.6 Å². The topological polar surface area (TPSA) is 68.9 Å². The minimum Gasteiger partial charge on any atom is -0.355 e. The van der Waals surface area contributed by atoms with E-state index in [9.17, 15) is 5.26 Å². The molecule has 2 aromatic heterocycles. The predicted molar refractivity (Wildman–Crippen MR) is 92.4 cm³/mol. The van der Waals surface area contributed by atoms with Crippen LogP contribution in [0.5, 0.6) is 0 Å². The number of hydrogen-bond donors (Lipinski definition) is 0. The Bertz CT molecular complexity index is 756. The lowest BCUT2D eigenvalue weighted by Gasteiger charge is -2.26. The van der Waals surface area contributed by atoms with Gasteiger partial charge in [0.2, 0.25) is 0 Å². The Morgan fingerprint density at radius 3 is 2.91 bits per heavy atom. The number of anilines is 2. The minimum absolute atomic E-state index is 0.335. The number of nitrogens with zero attached hydrogens (tertiary/aromatic N) is 6. The predicted octanol–water partition coefficient (Wildman–Crippen LogP) is 2.53. The van der Waals surface area contributed by atoms with E-state index >= 15 is 0 Å². The monoisotopic (exact) mass is 372 g/mol. The first-order chi connectivity index (χ1) is 11.1. The van der Waals surface area contributed by atoms with Crippen molar-refractivity contribution in [2.45, 2.75) is 19.4 Å². The van der Waals surface area contributed by atoms with Crippen molar-refractivity contribution >= 4 is 27.6 Å². The van der Waals surface area contributed by atoms with Crippen LogP contribution in [-0.2, 0) is 0 Å². The van der Waals surface area contributed by atoms with Gasteiger partial charge in [-0.1, -0.05) is 0 Å². The lowest BCUT2D eigenvalue weighted by molar-refractivity contribution is 0.682. The molecule has 23 heavy (non-hydrogen) atoms. The summed E-state index contributed by atoms with van der Waals surface area (Å²) in [5, 5.41) is 9.32. The molecule has 6 nitrogen and oxygen atoms in total. The Hall–Kier alpha value is -2.20. The number of likely N-dealkylation sites (N-methyl/N-ethyl adjacent to an activating group) is 1. The van der Waals surface area contributed by atoms with Crippen molar-refractivity contribution in [3.8, 4) is 6.07 Å². The van der Waals surface area contributed by atoms with E-state index in [0.29, 0.717) is 11.6 Å². The van der Waals surface area contributed by atoms with Crippen molar-refractivity contribution in [3.63, 3.8) is 0 Å². The molecule has 0 spiro atoms. The molecule has 118 valence electrons. The highest BCUT2D eigenvalue weighted by molar-refractivity contribution is 9.10. The molecule has 0 N–H and O–H groups in total. The summed E-state index contributed by atoms with van der Waals surface area (Å²) in [4.78, 5) is 17.3. The van der Waals surface area contributed by atoms with Crippen molar-refractivity contribution in [3.05, 3.63) is 40.4 Å². The first-order valence-electron chi connectivity index (χ1n) is 7.40. The van der Waals surface area contributed by atoms with Crippen molar-refractivity contribution in [1.82, 2.24) is 15.0 Å². The van der Waals surface area contributed by atoms with Crippen LogP contribution >= 0.6 is 15.9 Å². The fourth-order valence-corrected chi connectivity index (χ4v) is 3.17. The third-order valence-corrected chi connectivity index (χ3v) is 4.55. The van der Waals surface area contributed by atoms with Gasteiger partial charge in [-0.15, -0.1) is 0 Å². The number of rotatable bonds is 3. The highest BCUT2D eigenvalue weighted by Gasteiger charge is 2.28. The molecule has 0 amide bonds. The Morgan fingerprint density at radius 1 is 1.35 bits per heavy atom. The Morgan fingerprint density at radius 2 is 2.17 bits per heavy atom. The van der Waals surface area contributed by atoms with E-state index in [-0.39, 0.29) is 0 Å². The van der Waals surface area contributed by atoms with Gasteiger partial charge in [0.25, 0.3) is 0 Å². The number of nitriles is 1. The van der Waals surface area contributed by atoms with Crippen molar-refractivity contribution in [2.75, 3.05) is 29.9 Å². The SMILES string of the molecule is Cc1cc(N(C)C2CCN(c3ncc(Br)cc3C#N)C2)ncn1. The smallest absolute Gasteiger partial charge is 0.146 e. The van der Waals surface area contributed by atoms with Gasteiger partial charge in [-0.2, -0.15) is 5.26 Å². The van der Waals surface area contributed by atoms with Gasteiger partial charge >= 0.3 is 0 Å². The summed E-state index contributed by atoms with van der Waals surface area (Å²) in [7, 11) is 2.05. The van der Waals surface area contributed by atoms with E-state index in [0.717, 1.165) is 41.3 Å². The van der Waals surface area contributed by atoms with E-state index in [1.165, 1.54) is 0 Å². The zero-order valence-electron chi connectivity index (χ0n) is 13.1. The maximum absolute atomic E-state index is 9.32. The van der Waals surface area contributed by atoms with Crippen LogP contribution in [-0.4, -0.2) is 41.1 Å². The molecular weight excluding hydrogens is 356 g/mol. The van der Waals surface area contributed by atoms with E-state index in [1.807, 2.05) is 19.1 Å². The fraction of sp³-hybridized carbons (Fsp3) is 0.375. The molecule has 2 aromatic rings. The molecule has 1 fully saturated rings. The van der Waals surface area contributed by atoms with Gasteiger partial charge in [-0.3, -0.25) is 0 Å². The molecule has 3 rings (SSSR count). The van der Waals surface area contributed by atoms with Crippen LogP contribution in [0.3, 0.4) is 0 Å². The Balaban J connectivity index is 1.77. The molecule has 1 atom stereocenters. The zero-order chi connectivity index (χ0) is 16.4. The standard InChI is InChI=1S/C16H17BrN6/c1-11-5-15(21-10-20-11)22(2)14-3-4-23(9-14)16-12(7-18)6-13(17)8-19-16/h5-6,8,10,14H,3-4,9H2,1-2H3. The molecule has 0 aromatic carbocycles. The summed E-state index contributed by atoms with van der Waals surface area (Å²) in [6.45, 7) is 3.66. The Labute approximate surface area is 143 Å². The molecule has 1 unspecified atom stereocenters. The lowest BCUT2D eigenvalue weighted by atomic mass is 10.2. The van der Waals surface area contributed by atoms with Gasteiger partial charge in [0.1, 0.15) is 24.0 Å². The molecular formula is C16H17BrN6. The lowest BCUT2D eigenvalue weighted by Crippen LogP contribution is -2.35. The van der Waals surface area contributed by atoms with E-state index in [4.69, 9.17) is 0 Å². The number of aryl methyl sites for hydroxylation is 1. The first kappa shape index (κ1) is 15.7. The fourth-order valence-electron chi connectivity index (χ4n) is 2.84. The summed E-state index contributed by atoms with van der Waals surface area (Å²) >= 11 is 3.36. The van der Waals surface area contributed by atoms with E-state index < -0.39 is 0 Å². The summed E-state index contributed by atoms with van der Waals surface area (Å²) in [5.41, 5.74) is 1.55. The van der Waals surface area contributed by atoms with Crippen LogP contribution in [0.2, 0.25) is 0 Å². The van der Waals surface area contributed by atoms with Crippen LogP contribution in [0, 0.1) is 18.3 Å². The summed E-state index contributed by atoms with van der Waals surface area (Å²) in [6.07, 6.45) is 4.33.